The number of aryl methyl sites for hydroxylation is 2. The molecule has 1 N–H and O–H groups in total. The predicted octanol–water partition coefficient (Wildman–Crippen LogP) is 6.39. The molecule has 9 heteroatoms. The molecule has 1 aliphatic rings. The maximum absolute atomic E-state index is 13.8. The van der Waals surface area contributed by atoms with Gasteiger partial charge < -0.3 is 14.6 Å². The number of carbonyl (C=O) groups excluding carboxylic acids is 2. The van der Waals surface area contributed by atoms with Crippen LogP contribution in [0.5, 0.6) is 11.5 Å². The number of methoxy groups -OCH3 is 2. The highest BCUT2D eigenvalue weighted by Gasteiger charge is 2.47. The summed E-state index contributed by atoms with van der Waals surface area (Å²) in [5, 5.41) is 11.5. The van der Waals surface area contributed by atoms with Crippen molar-refractivity contribution in [1.29, 1.82) is 0 Å². The largest absolute Gasteiger partial charge is 0.507 e. The lowest BCUT2D eigenvalue weighted by Gasteiger charge is -2.26. The minimum Gasteiger partial charge on any atom is -0.507 e. The predicted molar refractivity (Wildman–Crippen MR) is 137 cm³/mol. The van der Waals surface area contributed by atoms with Gasteiger partial charge in [0.05, 0.1) is 36.4 Å². The first-order valence-corrected chi connectivity index (χ1v) is 11.6. The van der Waals surface area contributed by atoms with Crippen LogP contribution >= 0.6 is 23.2 Å². The van der Waals surface area contributed by atoms with Crippen LogP contribution < -0.4 is 14.4 Å². The minimum atomic E-state index is -1.06. The second-order valence-corrected chi connectivity index (χ2v) is 9.06. The molecule has 6 nitrogen and oxygen atoms in total. The molecule has 1 atom stereocenters. The highest BCUT2D eigenvalue weighted by atomic mass is 35.5. The highest BCUT2D eigenvalue weighted by Crippen LogP contribution is 2.48. The number of hydrogen-bond donors (Lipinski definition) is 1. The van der Waals surface area contributed by atoms with E-state index < -0.39 is 29.3 Å². The molecule has 0 aromatic heterocycles. The molecule has 4 rings (SSSR count). The third-order valence-electron chi connectivity index (χ3n) is 6.19. The highest BCUT2D eigenvalue weighted by molar-refractivity contribution is 6.52. The molecule has 1 unspecified atom stereocenters. The van der Waals surface area contributed by atoms with Gasteiger partial charge in [0.1, 0.15) is 16.6 Å². The van der Waals surface area contributed by atoms with Crippen molar-refractivity contribution in [2.45, 2.75) is 19.9 Å². The van der Waals surface area contributed by atoms with Crippen LogP contribution in [0.25, 0.3) is 5.76 Å². The number of ether oxygens (including phenoxy) is 2. The van der Waals surface area contributed by atoms with E-state index in [0.717, 1.165) is 11.1 Å². The zero-order valence-electron chi connectivity index (χ0n) is 19.9. The number of Topliss-reactive ketones (excluding diaryl/α,β-unsaturated/α-hetero) is 1. The van der Waals surface area contributed by atoms with Gasteiger partial charge in [-0.2, -0.15) is 0 Å². The van der Waals surface area contributed by atoms with Gasteiger partial charge in [-0.25, -0.2) is 4.39 Å². The van der Waals surface area contributed by atoms with Crippen molar-refractivity contribution in [3.8, 4) is 11.5 Å². The molecule has 1 amide bonds. The number of aliphatic hydroxyl groups is 1. The molecule has 36 heavy (non-hydrogen) atoms. The number of benzene rings is 3. The average molecular weight is 530 g/mol. The molecule has 1 fully saturated rings. The van der Waals surface area contributed by atoms with E-state index in [-0.39, 0.29) is 32.7 Å². The Labute approximate surface area is 217 Å². The van der Waals surface area contributed by atoms with Crippen molar-refractivity contribution in [3.05, 3.63) is 92.2 Å². The first-order chi connectivity index (χ1) is 17.1. The first kappa shape index (κ1) is 25.5. The monoisotopic (exact) mass is 529 g/mol. The number of rotatable bonds is 5. The lowest BCUT2D eigenvalue weighted by molar-refractivity contribution is -0.132. The fourth-order valence-electron chi connectivity index (χ4n) is 4.23. The van der Waals surface area contributed by atoms with Crippen LogP contribution in [0.1, 0.15) is 28.3 Å². The van der Waals surface area contributed by atoms with Gasteiger partial charge >= 0.3 is 0 Å². The molecule has 186 valence electrons. The fraction of sp³-hybridized carbons (Fsp3) is 0.185. The number of carbonyl (C=O) groups is 2. The topological polar surface area (TPSA) is 76.1 Å². The standard InChI is InChI=1S/C27H22Cl2FNO5/c1-13-5-10-17(11-14(13)2)31-22(15-6-8-16(30)9-7-15)20(24(33)27(31)34)23(32)18-12-19(28)26(36-4)21(29)25(18)35-3/h5-12,22,32H,1-4H3/b23-20+. The number of halogens is 3. The number of aliphatic hydroxyl groups excluding tert-OH is 1. The molecule has 1 saturated heterocycles. The molecule has 0 saturated carbocycles. The number of nitrogens with zero attached hydrogens (tertiary/aromatic N) is 1. The zero-order chi connectivity index (χ0) is 26.3. The van der Waals surface area contributed by atoms with Crippen molar-refractivity contribution in [2.24, 2.45) is 0 Å². The van der Waals surface area contributed by atoms with Gasteiger partial charge in [-0.05, 0) is 60.9 Å². The summed E-state index contributed by atoms with van der Waals surface area (Å²) in [6.07, 6.45) is 0. The van der Waals surface area contributed by atoms with Gasteiger partial charge in [0.25, 0.3) is 11.7 Å². The van der Waals surface area contributed by atoms with Gasteiger partial charge in [0.2, 0.25) is 0 Å². The summed E-state index contributed by atoms with van der Waals surface area (Å²) in [6.45, 7) is 3.81. The van der Waals surface area contributed by atoms with E-state index in [1.165, 1.54) is 49.5 Å². The molecule has 3 aromatic rings. The number of ketones is 1. The lowest BCUT2D eigenvalue weighted by Crippen LogP contribution is -2.29. The van der Waals surface area contributed by atoms with Gasteiger partial charge in [0.15, 0.2) is 11.5 Å². The van der Waals surface area contributed by atoms with E-state index >= 15 is 0 Å². The Bertz CT molecular complexity index is 1420. The second kappa shape index (κ2) is 9.84. The van der Waals surface area contributed by atoms with Crippen molar-refractivity contribution >= 4 is 46.3 Å². The van der Waals surface area contributed by atoms with Crippen molar-refractivity contribution in [2.75, 3.05) is 19.1 Å². The summed E-state index contributed by atoms with van der Waals surface area (Å²) >= 11 is 12.7. The van der Waals surface area contributed by atoms with Gasteiger partial charge in [-0.15, -0.1) is 0 Å². The van der Waals surface area contributed by atoms with Crippen LogP contribution in [0, 0.1) is 19.7 Å². The normalized spacial score (nSPS) is 17.0. The second-order valence-electron chi connectivity index (χ2n) is 8.28. The Morgan fingerprint density at radius 3 is 2.17 bits per heavy atom. The Morgan fingerprint density at radius 1 is 0.944 bits per heavy atom. The molecule has 1 heterocycles. The Hall–Kier alpha value is -3.55. The van der Waals surface area contributed by atoms with Crippen LogP contribution in [0.4, 0.5) is 10.1 Å². The number of hydrogen-bond acceptors (Lipinski definition) is 5. The van der Waals surface area contributed by atoms with E-state index in [4.69, 9.17) is 32.7 Å². The SMILES string of the molecule is COc1c(Cl)cc(/C(O)=C2\C(=O)C(=O)N(c3ccc(C)c(C)c3)C2c2ccc(F)cc2)c(OC)c1Cl. The van der Waals surface area contributed by atoms with Crippen LogP contribution in [-0.2, 0) is 9.59 Å². The molecule has 0 radical (unpaired) electrons. The number of amides is 1. The molecule has 1 aliphatic heterocycles. The van der Waals surface area contributed by atoms with Crippen LogP contribution in [-0.4, -0.2) is 31.0 Å². The molecule has 0 aliphatic carbocycles. The van der Waals surface area contributed by atoms with E-state index in [1.807, 2.05) is 19.9 Å². The molecule has 3 aromatic carbocycles. The lowest BCUT2D eigenvalue weighted by atomic mass is 9.94. The van der Waals surface area contributed by atoms with E-state index in [2.05, 4.69) is 0 Å². The van der Waals surface area contributed by atoms with E-state index in [9.17, 15) is 19.1 Å². The smallest absolute Gasteiger partial charge is 0.300 e. The third kappa shape index (κ3) is 4.18. The zero-order valence-corrected chi connectivity index (χ0v) is 21.4. The molecular weight excluding hydrogens is 508 g/mol. The maximum Gasteiger partial charge on any atom is 0.300 e. The summed E-state index contributed by atoms with van der Waals surface area (Å²) in [5.41, 5.74) is 2.55. The van der Waals surface area contributed by atoms with Gasteiger partial charge in [0, 0.05) is 5.69 Å². The maximum atomic E-state index is 13.8. The van der Waals surface area contributed by atoms with Crippen LogP contribution in [0.3, 0.4) is 0 Å². The minimum absolute atomic E-state index is 0.00139. The van der Waals surface area contributed by atoms with Crippen molar-refractivity contribution < 1.29 is 28.6 Å². The number of anilines is 1. The van der Waals surface area contributed by atoms with Gasteiger partial charge in [-0.3, -0.25) is 14.5 Å². The van der Waals surface area contributed by atoms with Crippen LogP contribution in [0.2, 0.25) is 10.0 Å². The summed E-state index contributed by atoms with van der Waals surface area (Å²) in [4.78, 5) is 28.0. The quantitative estimate of drug-likeness (QED) is 0.235. The van der Waals surface area contributed by atoms with E-state index in [1.54, 1.807) is 12.1 Å². The average Bonchev–Trinajstić information content (AvgIpc) is 3.11. The summed E-state index contributed by atoms with van der Waals surface area (Å²) < 4.78 is 24.4. The Kier molecular flexibility index (Phi) is 6.98. The third-order valence-corrected chi connectivity index (χ3v) is 6.82. The van der Waals surface area contributed by atoms with Crippen LogP contribution in [0.15, 0.2) is 54.1 Å². The molecule has 0 spiro atoms. The van der Waals surface area contributed by atoms with E-state index in [0.29, 0.717) is 11.3 Å². The Balaban J connectivity index is 2.02. The van der Waals surface area contributed by atoms with Crippen molar-refractivity contribution in [3.63, 3.8) is 0 Å². The van der Waals surface area contributed by atoms with Crippen molar-refractivity contribution in [1.82, 2.24) is 0 Å². The fourth-order valence-corrected chi connectivity index (χ4v) is 4.91. The molecule has 0 bridgehead atoms. The van der Waals surface area contributed by atoms with Gasteiger partial charge in [-0.1, -0.05) is 41.4 Å². The first-order valence-electron chi connectivity index (χ1n) is 10.8. The molecular formula is C27H22Cl2FNO5. The summed E-state index contributed by atoms with van der Waals surface area (Å²) in [7, 11) is 2.70. The summed E-state index contributed by atoms with van der Waals surface area (Å²) in [5.74, 6) is -2.68. The summed E-state index contributed by atoms with van der Waals surface area (Å²) in [6, 6.07) is 11.0. The Morgan fingerprint density at radius 2 is 1.58 bits per heavy atom.